The van der Waals surface area contributed by atoms with Crippen molar-refractivity contribution in [3.63, 3.8) is 0 Å². The Hall–Kier alpha value is -1.93. The fourth-order valence-corrected chi connectivity index (χ4v) is 3.10. The molecule has 0 spiro atoms. The van der Waals surface area contributed by atoms with Crippen LogP contribution >= 0.6 is 0 Å². The smallest absolute Gasteiger partial charge is 0.325 e. The Bertz CT molecular complexity index is 623. The zero-order valence-corrected chi connectivity index (χ0v) is 13.3. The van der Waals surface area contributed by atoms with Crippen molar-refractivity contribution in [1.29, 1.82) is 0 Å². The van der Waals surface area contributed by atoms with E-state index in [9.17, 15) is 23.1 Å². The van der Waals surface area contributed by atoms with Crippen LogP contribution in [0.4, 0.5) is 0 Å². The van der Waals surface area contributed by atoms with Crippen LogP contribution in [0.2, 0.25) is 0 Å². The molecule has 1 rings (SSSR count). The topological polar surface area (TPSA) is 110 Å². The van der Waals surface area contributed by atoms with Gasteiger partial charge in [0.2, 0.25) is 10.0 Å². The van der Waals surface area contributed by atoms with Crippen molar-refractivity contribution in [2.24, 2.45) is 5.92 Å². The van der Waals surface area contributed by atoms with Crippen LogP contribution in [-0.2, 0) is 24.3 Å². The molecule has 0 aliphatic rings. The fourth-order valence-electron chi connectivity index (χ4n) is 1.90. The first kappa shape index (κ1) is 18.1. The summed E-state index contributed by atoms with van der Waals surface area (Å²) in [5.74, 6) is -1.80. The number of carbonyl (C=O) groups excluding carboxylic acids is 1. The molecule has 0 saturated carbocycles. The van der Waals surface area contributed by atoms with E-state index in [2.05, 4.69) is 4.72 Å². The number of carboxylic acids is 1. The van der Waals surface area contributed by atoms with E-state index >= 15 is 0 Å². The Morgan fingerprint density at radius 3 is 2.23 bits per heavy atom. The monoisotopic (exact) mass is 329 g/mol. The van der Waals surface area contributed by atoms with Crippen molar-refractivity contribution in [1.82, 2.24) is 4.72 Å². The van der Waals surface area contributed by atoms with Crippen LogP contribution in [0.25, 0.3) is 0 Å². The van der Waals surface area contributed by atoms with Gasteiger partial charge in [0.1, 0.15) is 6.10 Å². The molecule has 0 aliphatic carbocycles. The molecule has 0 bridgehead atoms. The Labute approximate surface area is 129 Å². The highest BCUT2D eigenvalue weighted by atomic mass is 32.2. The minimum atomic E-state index is -4.04. The number of ether oxygens (including phenoxy) is 1. The molecule has 2 atom stereocenters. The lowest BCUT2D eigenvalue weighted by Gasteiger charge is -2.26. The maximum atomic E-state index is 12.3. The van der Waals surface area contributed by atoms with E-state index in [-0.39, 0.29) is 17.3 Å². The number of carboxylic acid groups (broad SMARTS) is 1. The van der Waals surface area contributed by atoms with Crippen LogP contribution in [0.3, 0.4) is 0 Å². The van der Waals surface area contributed by atoms with Crippen LogP contribution in [0.1, 0.15) is 19.4 Å². The summed E-state index contributed by atoms with van der Waals surface area (Å²) < 4.78 is 31.4. The highest BCUT2D eigenvalue weighted by Gasteiger charge is 2.36. The van der Waals surface area contributed by atoms with E-state index < -0.39 is 28.1 Å². The lowest BCUT2D eigenvalue weighted by molar-refractivity contribution is -0.148. The molecule has 0 aromatic heterocycles. The third-order valence-electron chi connectivity index (χ3n) is 3.08. The molecule has 22 heavy (non-hydrogen) atoms. The van der Waals surface area contributed by atoms with Gasteiger partial charge < -0.3 is 9.84 Å². The van der Waals surface area contributed by atoms with Crippen molar-refractivity contribution in [2.75, 3.05) is 0 Å². The van der Waals surface area contributed by atoms with Gasteiger partial charge in [-0.1, -0.05) is 31.5 Å². The number of nitrogens with one attached hydrogen (secondary N) is 1. The molecule has 0 saturated heterocycles. The number of sulfonamides is 1. The highest BCUT2D eigenvalue weighted by molar-refractivity contribution is 7.89. The van der Waals surface area contributed by atoms with Crippen LogP contribution in [0, 0.1) is 12.8 Å². The number of benzene rings is 1. The van der Waals surface area contributed by atoms with Gasteiger partial charge in [-0.15, -0.1) is 0 Å². The molecule has 0 radical (unpaired) electrons. The number of aryl methyl sites for hydroxylation is 1. The SMILES string of the molecule is Cc1ccc(S(=O)(=O)N[C@H](C(=O)O)[C@H](OC=O)C(C)C)cc1. The lowest BCUT2D eigenvalue weighted by Crippen LogP contribution is -2.51. The van der Waals surface area contributed by atoms with Gasteiger partial charge in [0.25, 0.3) is 6.47 Å². The van der Waals surface area contributed by atoms with Crippen LogP contribution in [0.15, 0.2) is 29.2 Å². The second-order valence-corrected chi connectivity index (χ2v) is 6.91. The number of hydrogen-bond acceptors (Lipinski definition) is 5. The van der Waals surface area contributed by atoms with Crippen molar-refractivity contribution in [3.05, 3.63) is 29.8 Å². The zero-order chi connectivity index (χ0) is 16.9. The summed E-state index contributed by atoms with van der Waals surface area (Å²) >= 11 is 0. The summed E-state index contributed by atoms with van der Waals surface area (Å²) in [5, 5.41) is 9.25. The predicted molar refractivity (Wildman–Crippen MR) is 78.7 cm³/mol. The van der Waals surface area contributed by atoms with Crippen molar-refractivity contribution < 1.29 is 27.9 Å². The Morgan fingerprint density at radius 2 is 1.82 bits per heavy atom. The summed E-state index contributed by atoms with van der Waals surface area (Å²) in [4.78, 5) is 21.8. The third-order valence-corrected chi connectivity index (χ3v) is 4.53. The van der Waals surface area contributed by atoms with E-state index in [1.165, 1.54) is 12.1 Å². The molecule has 2 N–H and O–H groups in total. The molecule has 0 unspecified atom stereocenters. The molecular formula is C14H19NO6S. The molecular weight excluding hydrogens is 310 g/mol. The van der Waals surface area contributed by atoms with Gasteiger partial charge in [-0.25, -0.2) is 8.42 Å². The molecule has 8 heteroatoms. The van der Waals surface area contributed by atoms with Gasteiger partial charge in [-0.3, -0.25) is 9.59 Å². The zero-order valence-electron chi connectivity index (χ0n) is 12.5. The van der Waals surface area contributed by atoms with Crippen LogP contribution < -0.4 is 4.72 Å². The quantitative estimate of drug-likeness (QED) is 0.686. The first-order valence-corrected chi connectivity index (χ1v) is 8.08. The number of aliphatic carboxylic acids is 1. The van der Waals surface area contributed by atoms with Crippen molar-refractivity contribution in [2.45, 2.75) is 37.8 Å². The third kappa shape index (κ3) is 4.54. The van der Waals surface area contributed by atoms with Gasteiger partial charge >= 0.3 is 5.97 Å². The minimum absolute atomic E-state index is 0.0574. The maximum Gasteiger partial charge on any atom is 0.325 e. The average molecular weight is 329 g/mol. The maximum absolute atomic E-state index is 12.3. The van der Waals surface area contributed by atoms with E-state index in [1.54, 1.807) is 32.9 Å². The summed E-state index contributed by atoms with van der Waals surface area (Å²) in [6, 6.07) is 4.39. The molecule has 1 aromatic rings. The number of hydrogen-bond donors (Lipinski definition) is 2. The molecule has 0 fully saturated rings. The Morgan fingerprint density at radius 1 is 1.27 bits per heavy atom. The molecule has 0 amide bonds. The normalized spacial score (nSPS) is 14.4. The summed E-state index contributed by atoms with van der Waals surface area (Å²) in [5.41, 5.74) is 0.873. The number of rotatable bonds is 8. The summed E-state index contributed by atoms with van der Waals surface area (Å²) in [6.07, 6.45) is -1.12. The lowest BCUT2D eigenvalue weighted by atomic mass is 10.0. The second-order valence-electron chi connectivity index (χ2n) is 5.19. The minimum Gasteiger partial charge on any atom is -0.480 e. The molecule has 0 heterocycles. The van der Waals surface area contributed by atoms with Gasteiger partial charge in [0.05, 0.1) is 4.90 Å². The largest absolute Gasteiger partial charge is 0.480 e. The van der Waals surface area contributed by atoms with E-state index in [0.717, 1.165) is 5.56 Å². The van der Waals surface area contributed by atoms with Gasteiger partial charge in [-0.2, -0.15) is 4.72 Å². The molecule has 0 aliphatic heterocycles. The van der Waals surface area contributed by atoms with Gasteiger partial charge in [0.15, 0.2) is 6.04 Å². The standard InChI is InChI=1S/C14H19NO6S/c1-9(2)13(21-8-16)12(14(17)18)15-22(19,20)11-6-4-10(3)5-7-11/h4-9,12-13,15H,1-3H3,(H,17,18)/t12-,13+/m0/s1. The Kier molecular flexibility index (Phi) is 6.07. The second kappa shape index (κ2) is 7.37. The van der Waals surface area contributed by atoms with E-state index in [0.29, 0.717) is 0 Å². The molecule has 1 aromatic carbocycles. The van der Waals surface area contributed by atoms with Gasteiger partial charge in [-0.05, 0) is 25.0 Å². The van der Waals surface area contributed by atoms with Gasteiger partial charge in [0, 0.05) is 0 Å². The first-order valence-electron chi connectivity index (χ1n) is 6.60. The van der Waals surface area contributed by atoms with Crippen LogP contribution in [0.5, 0.6) is 0 Å². The number of carbonyl (C=O) groups is 2. The Balaban J connectivity index is 3.10. The highest BCUT2D eigenvalue weighted by Crippen LogP contribution is 2.16. The summed E-state index contributed by atoms with van der Waals surface area (Å²) in [7, 11) is -4.04. The molecule has 7 nitrogen and oxygen atoms in total. The van der Waals surface area contributed by atoms with Crippen LogP contribution in [-0.4, -0.2) is 38.1 Å². The van der Waals surface area contributed by atoms with Crippen molar-refractivity contribution >= 4 is 22.5 Å². The fraction of sp³-hybridized carbons (Fsp3) is 0.429. The van der Waals surface area contributed by atoms with Crippen molar-refractivity contribution in [3.8, 4) is 0 Å². The first-order chi connectivity index (χ1) is 10.2. The predicted octanol–water partition coefficient (Wildman–Crippen LogP) is 0.924. The molecule has 122 valence electrons. The van der Waals surface area contributed by atoms with E-state index in [4.69, 9.17) is 4.74 Å². The average Bonchev–Trinajstić information content (AvgIpc) is 2.42. The summed E-state index contributed by atoms with van der Waals surface area (Å²) in [6.45, 7) is 5.17. The van der Waals surface area contributed by atoms with E-state index in [1.807, 2.05) is 0 Å².